The standard InChI is InChI=1S/C17H29N5O/c1-17(2,3)21-15(23)13-20-16(18-4)19-11-12-22(5)14-9-7-6-8-10-14/h6-10H,11-13H2,1-5H3,(H,21,23)(H2,18,19,20). The van der Waals surface area contributed by atoms with Crippen molar-refractivity contribution in [2.24, 2.45) is 4.99 Å². The van der Waals surface area contributed by atoms with Crippen molar-refractivity contribution in [2.75, 3.05) is 38.6 Å². The molecule has 23 heavy (non-hydrogen) atoms. The average Bonchev–Trinajstić information content (AvgIpc) is 2.49. The number of benzene rings is 1. The van der Waals surface area contributed by atoms with Crippen molar-refractivity contribution in [3.8, 4) is 0 Å². The van der Waals surface area contributed by atoms with Crippen LogP contribution >= 0.6 is 0 Å². The molecule has 0 aromatic heterocycles. The Kier molecular flexibility index (Phi) is 7.38. The highest BCUT2D eigenvalue weighted by atomic mass is 16.2. The van der Waals surface area contributed by atoms with Crippen LogP contribution in [0.5, 0.6) is 0 Å². The van der Waals surface area contributed by atoms with E-state index in [2.05, 4.69) is 38.0 Å². The van der Waals surface area contributed by atoms with Crippen LogP contribution in [0, 0.1) is 0 Å². The van der Waals surface area contributed by atoms with E-state index < -0.39 is 0 Å². The summed E-state index contributed by atoms with van der Waals surface area (Å²) in [5.41, 5.74) is 0.940. The van der Waals surface area contributed by atoms with Gasteiger partial charge in [0.05, 0.1) is 6.54 Å². The summed E-state index contributed by atoms with van der Waals surface area (Å²) >= 11 is 0. The Bertz CT molecular complexity index is 507. The maximum atomic E-state index is 11.8. The summed E-state index contributed by atoms with van der Waals surface area (Å²) < 4.78 is 0. The van der Waals surface area contributed by atoms with Gasteiger partial charge in [0.2, 0.25) is 5.91 Å². The number of para-hydroxylation sites is 1. The van der Waals surface area contributed by atoms with Gasteiger partial charge >= 0.3 is 0 Å². The van der Waals surface area contributed by atoms with Crippen molar-refractivity contribution in [3.63, 3.8) is 0 Å². The molecule has 6 nitrogen and oxygen atoms in total. The lowest BCUT2D eigenvalue weighted by Gasteiger charge is -2.22. The molecule has 0 unspecified atom stereocenters. The van der Waals surface area contributed by atoms with Gasteiger partial charge < -0.3 is 20.9 Å². The average molecular weight is 319 g/mol. The van der Waals surface area contributed by atoms with Gasteiger partial charge in [-0.15, -0.1) is 0 Å². The minimum atomic E-state index is -0.228. The molecule has 0 atom stereocenters. The maximum absolute atomic E-state index is 11.8. The molecule has 1 amide bonds. The summed E-state index contributed by atoms with van der Waals surface area (Å²) in [6, 6.07) is 10.2. The van der Waals surface area contributed by atoms with E-state index in [9.17, 15) is 4.79 Å². The van der Waals surface area contributed by atoms with E-state index in [1.807, 2.05) is 46.0 Å². The first-order valence-corrected chi connectivity index (χ1v) is 7.83. The van der Waals surface area contributed by atoms with Crippen LogP contribution in [0.2, 0.25) is 0 Å². The van der Waals surface area contributed by atoms with Gasteiger partial charge in [0, 0.05) is 38.4 Å². The van der Waals surface area contributed by atoms with Gasteiger partial charge in [0.1, 0.15) is 0 Å². The third-order valence-electron chi connectivity index (χ3n) is 3.09. The number of likely N-dealkylation sites (N-methyl/N-ethyl adjacent to an activating group) is 1. The van der Waals surface area contributed by atoms with Crippen LogP contribution in [0.15, 0.2) is 35.3 Å². The zero-order chi connectivity index (χ0) is 17.3. The van der Waals surface area contributed by atoms with Crippen LogP contribution in [0.25, 0.3) is 0 Å². The van der Waals surface area contributed by atoms with Gasteiger partial charge in [-0.25, -0.2) is 0 Å². The zero-order valence-corrected chi connectivity index (χ0v) is 14.8. The third kappa shape index (κ3) is 8.09. The summed E-state index contributed by atoms with van der Waals surface area (Å²) in [5.74, 6) is 0.567. The molecule has 0 saturated carbocycles. The minimum Gasteiger partial charge on any atom is -0.373 e. The molecule has 0 aliphatic carbocycles. The summed E-state index contributed by atoms with van der Waals surface area (Å²) in [6.07, 6.45) is 0. The molecule has 0 fully saturated rings. The molecule has 0 bridgehead atoms. The van der Waals surface area contributed by atoms with Gasteiger partial charge in [-0.05, 0) is 32.9 Å². The van der Waals surface area contributed by atoms with Crippen LogP contribution < -0.4 is 20.9 Å². The SMILES string of the molecule is CN=C(NCCN(C)c1ccccc1)NCC(=O)NC(C)(C)C. The second-order valence-electron chi connectivity index (χ2n) is 6.41. The number of nitrogens with zero attached hydrogens (tertiary/aromatic N) is 2. The fourth-order valence-corrected chi connectivity index (χ4v) is 2.00. The third-order valence-corrected chi connectivity index (χ3v) is 3.09. The maximum Gasteiger partial charge on any atom is 0.239 e. The van der Waals surface area contributed by atoms with E-state index in [1.165, 1.54) is 5.69 Å². The summed E-state index contributed by atoms with van der Waals surface area (Å²) in [7, 11) is 3.74. The first-order valence-electron chi connectivity index (χ1n) is 7.83. The highest BCUT2D eigenvalue weighted by Gasteiger charge is 2.13. The molecule has 0 radical (unpaired) electrons. The van der Waals surface area contributed by atoms with E-state index in [0.29, 0.717) is 5.96 Å². The summed E-state index contributed by atoms with van der Waals surface area (Å²) in [5, 5.41) is 9.12. The molecular formula is C17H29N5O. The molecule has 1 aromatic carbocycles. The molecule has 3 N–H and O–H groups in total. The minimum absolute atomic E-state index is 0.0538. The van der Waals surface area contributed by atoms with Crippen molar-refractivity contribution in [1.82, 2.24) is 16.0 Å². The summed E-state index contributed by atoms with van der Waals surface area (Å²) in [4.78, 5) is 18.1. The van der Waals surface area contributed by atoms with Gasteiger partial charge in [0.25, 0.3) is 0 Å². The van der Waals surface area contributed by atoms with Gasteiger partial charge in [-0.3, -0.25) is 9.79 Å². The lowest BCUT2D eigenvalue weighted by molar-refractivity contribution is -0.121. The lowest BCUT2D eigenvalue weighted by Crippen LogP contribution is -2.48. The van der Waals surface area contributed by atoms with Gasteiger partial charge in [0.15, 0.2) is 5.96 Å². The van der Waals surface area contributed by atoms with Crippen LogP contribution in [-0.2, 0) is 4.79 Å². The molecule has 0 heterocycles. The Morgan fingerprint density at radius 2 is 1.83 bits per heavy atom. The molecule has 0 aliphatic rings. The van der Waals surface area contributed by atoms with E-state index in [4.69, 9.17) is 0 Å². The van der Waals surface area contributed by atoms with Crippen molar-refractivity contribution >= 4 is 17.6 Å². The van der Waals surface area contributed by atoms with E-state index in [0.717, 1.165) is 13.1 Å². The number of amides is 1. The summed E-state index contributed by atoms with van der Waals surface area (Å²) in [6.45, 7) is 7.63. The van der Waals surface area contributed by atoms with E-state index in [-0.39, 0.29) is 18.0 Å². The van der Waals surface area contributed by atoms with Gasteiger partial charge in [-0.1, -0.05) is 18.2 Å². The first kappa shape index (κ1) is 18.8. The molecule has 0 spiro atoms. The Morgan fingerprint density at radius 3 is 2.39 bits per heavy atom. The molecule has 1 rings (SSSR count). The molecule has 0 aliphatic heterocycles. The number of guanidine groups is 1. The van der Waals surface area contributed by atoms with Crippen LogP contribution in [0.1, 0.15) is 20.8 Å². The van der Waals surface area contributed by atoms with Gasteiger partial charge in [-0.2, -0.15) is 0 Å². The quantitative estimate of drug-likeness (QED) is 0.544. The van der Waals surface area contributed by atoms with Crippen molar-refractivity contribution < 1.29 is 4.79 Å². The van der Waals surface area contributed by atoms with Crippen LogP contribution in [0.4, 0.5) is 5.69 Å². The van der Waals surface area contributed by atoms with Crippen molar-refractivity contribution in [1.29, 1.82) is 0 Å². The number of rotatable bonds is 6. The lowest BCUT2D eigenvalue weighted by atomic mass is 10.1. The number of carbonyl (C=O) groups is 1. The molecule has 128 valence electrons. The second kappa shape index (κ2) is 9.02. The largest absolute Gasteiger partial charge is 0.373 e. The number of carbonyl (C=O) groups excluding carboxylic acids is 1. The highest BCUT2D eigenvalue weighted by Crippen LogP contribution is 2.09. The number of hydrogen-bond acceptors (Lipinski definition) is 3. The van der Waals surface area contributed by atoms with Crippen LogP contribution in [-0.4, -0.2) is 51.1 Å². The van der Waals surface area contributed by atoms with Crippen molar-refractivity contribution in [2.45, 2.75) is 26.3 Å². The van der Waals surface area contributed by atoms with Crippen LogP contribution in [0.3, 0.4) is 0 Å². The fraction of sp³-hybridized carbons (Fsp3) is 0.529. The fourth-order valence-electron chi connectivity index (χ4n) is 2.00. The number of hydrogen-bond donors (Lipinski definition) is 3. The van der Waals surface area contributed by atoms with E-state index in [1.54, 1.807) is 7.05 Å². The molecular weight excluding hydrogens is 290 g/mol. The predicted molar refractivity (Wildman–Crippen MR) is 97.0 cm³/mol. The van der Waals surface area contributed by atoms with Crippen molar-refractivity contribution in [3.05, 3.63) is 30.3 Å². The highest BCUT2D eigenvalue weighted by molar-refractivity contribution is 5.86. The first-order chi connectivity index (χ1) is 10.8. The molecule has 6 heteroatoms. The Morgan fingerprint density at radius 1 is 1.17 bits per heavy atom. The number of aliphatic imine (C=N–C) groups is 1. The monoisotopic (exact) mass is 319 g/mol. The molecule has 0 saturated heterocycles. The van der Waals surface area contributed by atoms with E-state index >= 15 is 0 Å². The Balaban J connectivity index is 2.31. The Labute approximate surface area is 139 Å². The topological polar surface area (TPSA) is 68.8 Å². The Hall–Kier alpha value is -2.24. The predicted octanol–water partition coefficient (Wildman–Crippen LogP) is 1.20. The normalized spacial score (nSPS) is 11.8. The number of nitrogens with one attached hydrogen (secondary N) is 3. The smallest absolute Gasteiger partial charge is 0.239 e. The number of anilines is 1. The molecule has 1 aromatic rings. The zero-order valence-electron chi connectivity index (χ0n) is 14.8. The second-order valence-corrected chi connectivity index (χ2v) is 6.41.